The molecule has 163 valence electrons. The Bertz CT molecular complexity index is 1190. The molecule has 0 bridgehead atoms. The van der Waals surface area contributed by atoms with E-state index in [1.165, 1.54) is 33.5 Å². The smallest absolute Gasteiger partial charge is 0.233 e. The fourth-order valence-corrected chi connectivity index (χ4v) is 4.56. The Hall–Kier alpha value is -3.69. The van der Waals surface area contributed by atoms with E-state index in [1.807, 2.05) is 30.6 Å². The van der Waals surface area contributed by atoms with Crippen molar-refractivity contribution in [3.8, 4) is 22.3 Å². The number of benzene rings is 4. The number of carbonyl (C=O) groups excluding carboxylic acids is 1. The SMILES string of the molecule is O=[C]c1ccc(N2CCN(Cc3ccccc3-c3ccc(-c4ccccc4)cc3)CC2)cc1. The largest absolute Gasteiger partial charge is 0.369 e. The second kappa shape index (κ2) is 9.85. The Morgan fingerprint density at radius 3 is 1.91 bits per heavy atom. The van der Waals surface area contributed by atoms with Crippen molar-refractivity contribution < 1.29 is 4.79 Å². The van der Waals surface area contributed by atoms with Gasteiger partial charge in [0, 0.05) is 44.0 Å². The van der Waals surface area contributed by atoms with Crippen molar-refractivity contribution in [1.29, 1.82) is 0 Å². The summed E-state index contributed by atoms with van der Waals surface area (Å²) in [4.78, 5) is 15.7. The molecule has 1 radical (unpaired) electrons. The summed E-state index contributed by atoms with van der Waals surface area (Å²) in [5, 5.41) is 0. The zero-order valence-electron chi connectivity index (χ0n) is 18.7. The molecule has 5 rings (SSSR count). The summed E-state index contributed by atoms with van der Waals surface area (Å²) in [6, 6.07) is 35.9. The van der Waals surface area contributed by atoms with E-state index in [0.717, 1.165) is 32.7 Å². The molecule has 0 amide bonds. The van der Waals surface area contributed by atoms with Crippen molar-refractivity contribution in [2.75, 3.05) is 31.1 Å². The summed E-state index contributed by atoms with van der Waals surface area (Å²) >= 11 is 0. The van der Waals surface area contributed by atoms with Crippen LogP contribution in [-0.2, 0) is 11.3 Å². The standard InChI is InChI=1S/C30H27N2O/c33-23-24-10-16-29(17-11-24)32-20-18-31(19-21-32)22-28-8-4-5-9-30(28)27-14-12-26(13-15-27)25-6-2-1-3-7-25/h1-17H,18-22H2. The van der Waals surface area contributed by atoms with Crippen molar-refractivity contribution >= 4 is 12.0 Å². The van der Waals surface area contributed by atoms with Crippen LogP contribution in [0, 0.1) is 0 Å². The van der Waals surface area contributed by atoms with Gasteiger partial charge in [-0.3, -0.25) is 9.69 Å². The number of nitrogens with zero attached hydrogens (tertiary/aromatic N) is 2. The lowest BCUT2D eigenvalue weighted by atomic mass is 9.96. The normalized spacial score (nSPS) is 14.2. The van der Waals surface area contributed by atoms with Gasteiger partial charge in [-0.15, -0.1) is 0 Å². The minimum Gasteiger partial charge on any atom is -0.369 e. The molecule has 0 aromatic heterocycles. The van der Waals surface area contributed by atoms with Gasteiger partial charge < -0.3 is 4.90 Å². The van der Waals surface area contributed by atoms with E-state index in [4.69, 9.17) is 0 Å². The van der Waals surface area contributed by atoms with Crippen LogP contribution in [-0.4, -0.2) is 37.4 Å². The molecule has 0 spiro atoms. The van der Waals surface area contributed by atoms with Crippen LogP contribution < -0.4 is 4.90 Å². The van der Waals surface area contributed by atoms with Crippen LogP contribution in [0.4, 0.5) is 5.69 Å². The van der Waals surface area contributed by atoms with Crippen molar-refractivity contribution in [2.45, 2.75) is 6.54 Å². The molecule has 1 heterocycles. The van der Waals surface area contributed by atoms with Crippen LogP contribution in [0.1, 0.15) is 11.1 Å². The molecule has 1 aliphatic rings. The maximum absolute atomic E-state index is 10.8. The summed E-state index contributed by atoms with van der Waals surface area (Å²) in [7, 11) is 0. The van der Waals surface area contributed by atoms with Gasteiger partial charge in [0.2, 0.25) is 6.29 Å². The van der Waals surface area contributed by atoms with Crippen LogP contribution in [0.25, 0.3) is 22.3 Å². The van der Waals surface area contributed by atoms with Crippen LogP contribution in [0.3, 0.4) is 0 Å². The molecule has 0 N–H and O–H groups in total. The summed E-state index contributed by atoms with van der Waals surface area (Å²) in [5.74, 6) is 0. The molecule has 0 atom stereocenters. The van der Waals surface area contributed by atoms with Crippen LogP contribution in [0.5, 0.6) is 0 Å². The highest BCUT2D eigenvalue weighted by atomic mass is 16.1. The summed E-state index contributed by atoms with van der Waals surface area (Å²) < 4.78 is 0. The third-order valence-corrected chi connectivity index (χ3v) is 6.44. The fourth-order valence-electron chi connectivity index (χ4n) is 4.56. The van der Waals surface area contributed by atoms with Crippen molar-refractivity contribution in [3.63, 3.8) is 0 Å². The molecule has 1 saturated heterocycles. The Morgan fingerprint density at radius 1 is 0.606 bits per heavy atom. The first-order valence-corrected chi connectivity index (χ1v) is 11.5. The number of hydrogen-bond acceptors (Lipinski definition) is 3. The van der Waals surface area contributed by atoms with E-state index in [9.17, 15) is 4.79 Å². The van der Waals surface area contributed by atoms with Gasteiger partial charge in [-0.25, -0.2) is 0 Å². The third-order valence-electron chi connectivity index (χ3n) is 6.44. The monoisotopic (exact) mass is 431 g/mol. The zero-order valence-corrected chi connectivity index (χ0v) is 18.7. The lowest BCUT2D eigenvalue weighted by molar-refractivity contribution is 0.250. The highest BCUT2D eigenvalue weighted by Gasteiger charge is 2.18. The highest BCUT2D eigenvalue weighted by Crippen LogP contribution is 2.28. The van der Waals surface area contributed by atoms with E-state index in [2.05, 4.69) is 88.7 Å². The van der Waals surface area contributed by atoms with Gasteiger partial charge >= 0.3 is 0 Å². The first kappa shape index (κ1) is 21.2. The molecule has 3 nitrogen and oxygen atoms in total. The molecule has 3 heteroatoms. The Morgan fingerprint density at radius 2 is 1.21 bits per heavy atom. The summed E-state index contributed by atoms with van der Waals surface area (Å²) in [5.41, 5.74) is 8.19. The molecule has 0 aliphatic carbocycles. The van der Waals surface area contributed by atoms with Gasteiger partial charge in [-0.05, 0) is 52.1 Å². The van der Waals surface area contributed by atoms with Crippen molar-refractivity contribution in [2.24, 2.45) is 0 Å². The van der Waals surface area contributed by atoms with Crippen LogP contribution in [0.2, 0.25) is 0 Å². The van der Waals surface area contributed by atoms with Gasteiger partial charge in [0.1, 0.15) is 0 Å². The molecular weight excluding hydrogens is 404 g/mol. The Balaban J connectivity index is 1.26. The van der Waals surface area contributed by atoms with Crippen LogP contribution in [0.15, 0.2) is 103 Å². The highest BCUT2D eigenvalue weighted by molar-refractivity contribution is 5.76. The van der Waals surface area contributed by atoms with E-state index in [0.29, 0.717) is 5.56 Å². The molecule has 1 fully saturated rings. The summed E-state index contributed by atoms with van der Waals surface area (Å²) in [6.45, 7) is 4.95. The predicted molar refractivity (Wildman–Crippen MR) is 136 cm³/mol. The lowest BCUT2D eigenvalue weighted by Crippen LogP contribution is -2.46. The van der Waals surface area contributed by atoms with Gasteiger partial charge in [0.15, 0.2) is 0 Å². The van der Waals surface area contributed by atoms with Crippen molar-refractivity contribution in [1.82, 2.24) is 4.90 Å². The number of rotatable bonds is 6. The maximum atomic E-state index is 10.8. The minimum absolute atomic E-state index is 0.603. The molecule has 0 unspecified atom stereocenters. The van der Waals surface area contributed by atoms with Gasteiger partial charge in [-0.1, -0.05) is 78.9 Å². The molecule has 0 saturated carbocycles. The second-order valence-electron chi connectivity index (χ2n) is 8.51. The lowest BCUT2D eigenvalue weighted by Gasteiger charge is -2.36. The fraction of sp³-hybridized carbons (Fsp3) is 0.167. The molecule has 1 aliphatic heterocycles. The number of piperazine rings is 1. The average Bonchev–Trinajstić information content (AvgIpc) is 2.90. The van der Waals surface area contributed by atoms with E-state index in [1.54, 1.807) is 0 Å². The van der Waals surface area contributed by atoms with E-state index >= 15 is 0 Å². The minimum atomic E-state index is 0.603. The van der Waals surface area contributed by atoms with Gasteiger partial charge in [0.25, 0.3) is 0 Å². The average molecular weight is 432 g/mol. The Kier molecular flexibility index (Phi) is 6.32. The zero-order chi connectivity index (χ0) is 22.5. The predicted octanol–water partition coefficient (Wildman–Crippen LogP) is 5.80. The molecule has 33 heavy (non-hydrogen) atoms. The number of hydrogen-bond donors (Lipinski definition) is 0. The first-order valence-electron chi connectivity index (χ1n) is 11.5. The maximum Gasteiger partial charge on any atom is 0.233 e. The van der Waals surface area contributed by atoms with E-state index < -0.39 is 0 Å². The first-order chi connectivity index (χ1) is 16.3. The quantitative estimate of drug-likeness (QED) is 0.385. The topological polar surface area (TPSA) is 23.6 Å². The number of anilines is 1. The van der Waals surface area contributed by atoms with Gasteiger partial charge in [-0.2, -0.15) is 0 Å². The van der Waals surface area contributed by atoms with Crippen molar-refractivity contribution in [3.05, 3.63) is 114 Å². The van der Waals surface area contributed by atoms with Gasteiger partial charge in [0.05, 0.1) is 0 Å². The van der Waals surface area contributed by atoms with E-state index in [-0.39, 0.29) is 0 Å². The molecule has 4 aromatic carbocycles. The van der Waals surface area contributed by atoms with Crippen LogP contribution >= 0.6 is 0 Å². The molecule has 4 aromatic rings. The second-order valence-corrected chi connectivity index (χ2v) is 8.51. The Labute approximate surface area is 195 Å². The third kappa shape index (κ3) is 4.89. The molecular formula is C30H27N2O. The summed E-state index contributed by atoms with van der Waals surface area (Å²) in [6.07, 6.45) is 1.94.